The Hall–Kier alpha value is -1.92. The number of aryl methyl sites for hydroxylation is 1. The van der Waals surface area contributed by atoms with Gasteiger partial charge < -0.3 is 20.1 Å². The Balaban J connectivity index is 2.07. The van der Waals surface area contributed by atoms with Crippen LogP contribution in [0, 0.1) is 6.92 Å². The van der Waals surface area contributed by atoms with Gasteiger partial charge in [-0.2, -0.15) is 0 Å². The van der Waals surface area contributed by atoms with Crippen molar-refractivity contribution in [2.45, 2.75) is 33.3 Å². The predicted octanol–water partition coefficient (Wildman–Crippen LogP) is 1.88. The molecule has 0 aliphatic carbocycles. The van der Waals surface area contributed by atoms with Crippen LogP contribution in [-0.2, 0) is 19.1 Å². The number of hydrogen-bond donors (Lipinski definition) is 2. The second kappa shape index (κ2) is 10.7. The minimum absolute atomic E-state index is 0.133. The Morgan fingerprint density at radius 3 is 2.39 bits per heavy atom. The average molecular weight is 322 g/mol. The number of ether oxygens (including phenoxy) is 2. The van der Waals surface area contributed by atoms with E-state index in [1.54, 1.807) is 0 Å². The Kier molecular flexibility index (Phi) is 8.94. The molecule has 0 aliphatic rings. The zero-order valence-corrected chi connectivity index (χ0v) is 14.1. The summed E-state index contributed by atoms with van der Waals surface area (Å²) in [6.07, 6.45) is 0.943. The van der Waals surface area contributed by atoms with Crippen molar-refractivity contribution in [3.05, 3.63) is 29.8 Å². The van der Waals surface area contributed by atoms with E-state index in [2.05, 4.69) is 10.6 Å². The van der Waals surface area contributed by atoms with Gasteiger partial charge in [0.25, 0.3) is 0 Å². The van der Waals surface area contributed by atoms with Gasteiger partial charge in [-0.05, 0) is 39.3 Å². The van der Waals surface area contributed by atoms with Crippen LogP contribution >= 0.6 is 0 Å². The lowest BCUT2D eigenvalue weighted by Gasteiger charge is -2.09. The van der Waals surface area contributed by atoms with Crippen molar-refractivity contribution in [2.75, 3.05) is 31.7 Å². The number of nitrogens with one attached hydrogen (secondary N) is 2. The molecule has 0 heterocycles. The van der Waals surface area contributed by atoms with Crippen LogP contribution in [0.2, 0.25) is 0 Å². The molecule has 0 saturated carbocycles. The van der Waals surface area contributed by atoms with Gasteiger partial charge in [0.05, 0.1) is 6.10 Å². The van der Waals surface area contributed by atoms with Crippen molar-refractivity contribution < 1.29 is 19.1 Å². The van der Waals surface area contributed by atoms with Crippen LogP contribution in [0.5, 0.6) is 0 Å². The fourth-order valence-corrected chi connectivity index (χ4v) is 1.74. The number of hydrogen-bond acceptors (Lipinski definition) is 4. The smallest absolute Gasteiger partial charge is 0.250 e. The van der Waals surface area contributed by atoms with Gasteiger partial charge in [0.2, 0.25) is 11.8 Å². The van der Waals surface area contributed by atoms with Crippen molar-refractivity contribution >= 4 is 17.5 Å². The Bertz CT molecular complexity index is 486. The van der Waals surface area contributed by atoms with E-state index >= 15 is 0 Å². The summed E-state index contributed by atoms with van der Waals surface area (Å²) in [5.41, 5.74) is 1.83. The van der Waals surface area contributed by atoms with Crippen molar-refractivity contribution in [2.24, 2.45) is 0 Å². The Labute approximate surface area is 137 Å². The van der Waals surface area contributed by atoms with Crippen molar-refractivity contribution in [1.82, 2.24) is 5.32 Å². The van der Waals surface area contributed by atoms with E-state index in [-0.39, 0.29) is 31.1 Å². The summed E-state index contributed by atoms with van der Waals surface area (Å²) < 4.78 is 10.5. The van der Waals surface area contributed by atoms with E-state index in [0.29, 0.717) is 18.8 Å². The normalized spacial score (nSPS) is 10.6. The highest BCUT2D eigenvalue weighted by Gasteiger charge is 2.05. The molecule has 128 valence electrons. The first kappa shape index (κ1) is 19.1. The third-order valence-electron chi connectivity index (χ3n) is 2.90. The molecule has 0 aromatic heterocycles. The van der Waals surface area contributed by atoms with Gasteiger partial charge in [-0.3, -0.25) is 9.59 Å². The highest BCUT2D eigenvalue weighted by molar-refractivity contribution is 5.91. The molecular weight excluding hydrogens is 296 g/mol. The van der Waals surface area contributed by atoms with Crippen molar-refractivity contribution in [1.29, 1.82) is 0 Å². The fourth-order valence-electron chi connectivity index (χ4n) is 1.74. The largest absolute Gasteiger partial charge is 0.379 e. The van der Waals surface area contributed by atoms with Crippen LogP contribution in [0.15, 0.2) is 24.3 Å². The second-order valence-corrected chi connectivity index (χ2v) is 5.53. The molecule has 2 amide bonds. The number of carbonyl (C=O) groups excluding carboxylic acids is 2. The second-order valence-electron chi connectivity index (χ2n) is 5.53. The first-order valence-corrected chi connectivity index (χ1v) is 7.80. The average Bonchev–Trinajstić information content (AvgIpc) is 2.49. The standard InChI is InChI=1S/C17H26N2O4/c1-13(2)23-10-4-9-18-16(20)11-22-12-17(21)19-15-7-5-14(3)6-8-15/h5-8,13H,4,9-12H2,1-3H3,(H,18,20)(H,19,21). The Morgan fingerprint density at radius 2 is 1.74 bits per heavy atom. The summed E-state index contributed by atoms with van der Waals surface area (Å²) in [4.78, 5) is 23.2. The quantitative estimate of drug-likeness (QED) is 0.645. The molecule has 0 unspecified atom stereocenters. The summed E-state index contributed by atoms with van der Waals surface area (Å²) >= 11 is 0. The van der Waals surface area contributed by atoms with E-state index < -0.39 is 0 Å². The maximum Gasteiger partial charge on any atom is 0.250 e. The predicted molar refractivity (Wildman–Crippen MR) is 89.3 cm³/mol. The minimum Gasteiger partial charge on any atom is -0.379 e. The summed E-state index contributed by atoms with van der Waals surface area (Å²) in [6, 6.07) is 7.46. The molecule has 23 heavy (non-hydrogen) atoms. The topological polar surface area (TPSA) is 76.7 Å². The third-order valence-corrected chi connectivity index (χ3v) is 2.90. The van der Waals surface area contributed by atoms with Gasteiger partial charge >= 0.3 is 0 Å². The SMILES string of the molecule is Cc1ccc(NC(=O)COCC(=O)NCCCOC(C)C)cc1. The van der Waals surface area contributed by atoms with Gasteiger partial charge in [0, 0.05) is 18.8 Å². The molecule has 0 saturated heterocycles. The molecule has 1 aromatic carbocycles. The number of benzene rings is 1. The highest BCUT2D eigenvalue weighted by atomic mass is 16.5. The van der Waals surface area contributed by atoms with Gasteiger partial charge in [-0.25, -0.2) is 0 Å². The maximum atomic E-state index is 11.7. The van der Waals surface area contributed by atoms with Crippen LogP contribution in [0.1, 0.15) is 25.8 Å². The van der Waals surface area contributed by atoms with Crippen LogP contribution in [0.25, 0.3) is 0 Å². The van der Waals surface area contributed by atoms with Crippen LogP contribution in [-0.4, -0.2) is 44.3 Å². The van der Waals surface area contributed by atoms with Gasteiger partial charge in [-0.1, -0.05) is 17.7 Å². The van der Waals surface area contributed by atoms with Crippen molar-refractivity contribution in [3.63, 3.8) is 0 Å². The lowest BCUT2D eigenvalue weighted by molar-refractivity contribution is -0.128. The van der Waals surface area contributed by atoms with Crippen LogP contribution in [0.3, 0.4) is 0 Å². The highest BCUT2D eigenvalue weighted by Crippen LogP contribution is 2.08. The first-order valence-electron chi connectivity index (χ1n) is 7.80. The molecule has 0 aliphatic heterocycles. The molecular formula is C17H26N2O4. The van der Waals surface area contributed by atoms with E-state index in [1.165, 1.54) is 0 Å². The molecule has 0 radical (unpaired) electrons. The zero-order chi connectivity index (χ0) is 17.1. The summed E-state index contributed by atoms with van der Waals surface area (Å²) in [5.74, 6) is -0.523. The minimum atomic E-state index is -0.285. The summed E-state index contributed by atoms with van der Waals surface area (Å²) in [5, 5.41) is 5.41. The summed E-state index contributed by atoms with van der Waals surface area (Å²) in [6.45, 7) is 6.76. The van der Waals surface area contributed by atoms with E-state index in [9.17, 15) is 9.59 Å². The molecule has 0 atom stereocenters. The maximum absolute atomic E-state index is 11.7. The molecule has 1 aromatic rings. The number of rotatable bonds is 10. The van der Waals surface area contributed by atoms with E-state index in [0.717, 1.165) is 12.0 Å². The molecule has 1 rings (SSSR count). The lowest BCUT2D eigenvalue weighted by atomic mass is 10.2. The molecule has 6 heteroatoms. The molecule has 2 N–H and O–H groups in total. The van der Waals surface area contributed by atoms with Gasteiger partial charge in [0.1, 0.15) is 13.2 Å². The Morgan fingerprint density at radius 1 is 1.09 bits per heavy atom. The lowest BCUT2D eigenvalue weighted by Crippen LogP contribution is -2.30. The molecule has 0 fully saturated rings. The monoisotopic (exact) mass is 322 g/mol. The fraction of sp³-hybridized carbons (Fsp3) is 0.529. The zero-order valence-electron chi connectivity index (χ0n) is 14.1. The van der Waals surface area contributed by atoms with Gasteiger partial charge in [-0.15, -0.1) is 0 Å². The van der Waals surface area contributed by atoms with E-state index in [1.807, 2.05) is 45.0 Å². The molecule has 0 bridgehead atoms. The van der Waals surface area contributed by atoms with Crippen LogP contribution < -0.4 is 10.6 Å². The number of carbonyl (C=O) groups is 2. The first-order chi connectivity index (χ1) is 11.0. The van der Waals surface area contributed by atoms with Crippen molar-refractivity contribution in [3.8, 4) is 0 Å². The molecule has 0 spiro atoms. The van der Waals surface area contributed by atoms with Crippen LogP contribution in [0.4, 0.5) is 5.69 Å². The van der Waals surface area contributed by atoms with E-state index in [4.69, 9.17) is 9.47 Å². The number of anilines is 1. The number of amides is 2. The van der Waals surface area contributed by atoms with Gasteiger partial charge in [0.15, 0.2) is 0 Å². The molecule has 6 nitrogen and oxygen atoms in total. The third kappa shape index (κ3) is 9.65. The summed E-state index contributed by atoms with van der Waals surface area (Å²) in [7, 11) is 0.